The number of likely N-dealkylation sites (N-methyl/N-ethyl adjacent to an activating group) is 1. The summed E-state index contributed by atoms with van der Waals surface area (Å²) in [5.74, 6) is 0.540. The van der Waals surface area contributed by atoms with Gasteiger partial charge in [-0.1, -0.05) is 12.1 Å². The Labute approximate surface area is 127 Å². The van der Waals surface area contributed by atoms with E-state index in [0.29, 0.717) is 17.9 Å². The molecule has 0 aliphatic carbocycles. The predicted octanol–water partition coefficient (Wildman–Crippen LogP) is 1.48. The summed E-state index contributed by atoms with van der Waals surface area (Å²) in [6.45, 7) is 0.238. The third-order valence-electron chi connectivity index (χ3n) is 3.48. The van der Waals surface area contributed by atoms with Crippen LogP contribution in [0, 0.1) is 0 Å². The number of imidazole rings is 1. The molecule has 1 aromatic carbocycles. The van der Waals surface area contributed by atoms with Crippen molar-refractivity contribution in [2.75, 3.05) is 20.2 Å². The fourth-order valence-corrected chi connectivity index (χ4v) is 2.27. The van der Waals surface area contributed by atoms with Crippen molar-refractivity contribution < 1.29 is 9.90 Å². The van der Waals surface area contributed by atoms with E-state index in [9.17, 15) is 4.79 Å². The Morgan fingerprint density at radius 3 is 2.77 bits per heavy atom. The summed E-state index contributed by atoms with van der Waals surface area (Å²) < 4.78 is 1.88. The molecule has 6 nitrogen and oxygen atoms in total. The molecule has 112 valence electrons. The van der Waals surface area contributed by atoms with Crippen molar-refractivity contribution in [1.29, 1.82) is 0 Å². The van der Waals surface area contributed by atoms with Crippen LogP contribution >= 0.6 is 0 Å². The predicted molar refractivity (Wildman–Crippen MR) is 82.9 cm³/mol. The van der Waals surface area contributed by atoms with Gasteiger partial charge in [-0.05, 0) is 24.3 Å². The topological polar surface area (TPSA) is 71.2 Å². The average Bonchev–Trinajstić information content (AvgIpc) is 2.98. The van der Waals surface area contributed by atoms with Crippen LogP contribution < -0.4 is 0 Å². The summed E-state index contributed by atoms with van der Waals surface area (Å²) in [6, 6.07) is 11.3. The number of rotatable bonds is 4. The second-order valence-electron chi connectivity index (χ2n) is 4.96. The van der Waals surface area contributed by atoms with Gasteiger partial charge in [0.25, 0.3) is 5.91 Å². The number of hydrogen-bond donors (Lipinski definition) is 1. The zero-order valence-electron chi connectivity index (χ0n) is 12.2. The molecule has 0 fully saturated rings. The fourth-order valence-electron chi connectivity index (χ4n) is 2.27. The number of carbonyl (C=O) groups is 1. The van der Waals surface area contributed by atoms with Gasteiger partial charge in [0.2, 0.25) is 0 Å². The first-order valence-corrected chi connectivity index (χ1v) is 6.95. The van der Waals surface area contributed by atoms with Gasteiger partial charge < -0.3 is 10.0 Å². The van der Waals surface area contributed by atoms with E-state index in [1.54, 1.807) is 31.7 Å². The van der Waals surface area contributed by atoms with Crippen molar-refractivity contribution in [1.82, 2.24) is 19.4 Å². The Morgan fingerprint density at radius 1 is 1.23 bits per heavy atom. The van der Waals surface area contributed by atoms with Crippen LogP contribution in [0.15, 0.2) is 48.9 Å². The number of aliphatic hydroxyl groups excluding tert-OH is 1. The Hall–Kier alpha value is -2.73. The Morgan fingerprint density at radius 2 is 2.05 bits per heavy atom. The molecule has 0 radical (unpaired) electrons. The molecule has 2 heterocycles. The number of carbonyl (C=O) groups excluding carboxylic acids is 1. The van der Waals surface area contributed by atoms with Crippen LogP contribution in [0.1, 0.15) is 10.4 Å². The number of benzene rings is 1. The maximum absolute atomic E-state index is 12.1. The molecule has 3 rings (SSSR count). The van der Waals surface area contributed by atoms with Crippen molar-refractivity contribution in [2.45, 2.75) is 0 Å². The van der Waals surface area contributed by atoms with E-state index in [0.717, 1.165) is 11.0 Å². The molecule has 0 atom stereocenters. The van der Waals surface area contributed by atoms with Gasteiger partial charge in [-0.25, -0.2) is 9.97 Å². The first-order chi connectivity index (χ1) is 10.7. The monoisotopic (exact) mass is 296 g/mol. The lowest BCUT2D eigenvalue weighted by atomic mass is 10.2. The molecule has 6 heteroatoms. The number of aromatic nitrogens is 3. The SMILES string of the molecule is CN(CCO)C(=O)c1ccc(-n2cnc3ccccc32)nc1. The molecule has 0 spiro atoms. The largest absolute Gasteiger partial charge is 0.395 e. The van der Waals surface area contributed by atoms with E-state index < -0.39 is 0 Å². The molecule has 3 aromatic rings. The highest BCUT2D eigenvalue weighted by molar-refractivity contribution is 5.93. The Kier molecular flexibility index (Phi) is 3.84. The van der Waals surface area contributed by atoms with Crippen molar-refractivity contribution in [3.8, 4) is 5.82 Å². The smallest absolute Gasteiger partial charge is 0.255 e. The standard InChI is InChI=1S/C16H16N4O2/c1-19(8-9-21)16(22)12-6-7-15(17-10-12)20-11-18-13-4-2-3-5-14(13)20/h2-7,10-11,21H,8-9H2,1H3. The first kappa shape index (κ1) is 14.2. The maximum Gasteiger partial charge on any atom is 0.255 e. The molecule has 1 amide bonds. The summed E-state index contributed by atoms with van der Waals surface area (Å²) in [6.07, 6.45) is 3.26. The number of hydrogen-bond acceptors (Lipinski definition) is 4. The zero-order chi connectivity index (χ0) is 15.5. The van der Waals surface area contributed by atoms with E-state index in [1.807, 2.05) is 28.8 Å². The number of aliphatic hydroxyl groups is 1. The summed E-state index contributed by atoms with van der Waals surface area (Å²) in [5.41, 5.74) is 2.35. The number of fused-ring (bicyclic) bond motifs is 1. The highest BCUT2D eigenvalue weighted by Crippen LogP contribution is 2.16. The maximum atomic E-state index is 12.1. The van der Waals surface area contributed by atoms with Gasteiger partial charge in [0.05, 0.1) is 23.2 Å². The van der Waals surface area contributed by atoms with Crippen molar-refractivity contribution in [3.63, 3.8) is 0 Å². The molecule has 1 N–H and O–H groups in total. The number of nitrogens with zero attached hydrogens (tertiary/aromatic N) is 4. The quantitative estimate of drug-likeness (QED) is 0.791. The number of para-hydroxylation sites is 2. The second-order valence-corrected chi connectivity index (χ2v) is 4.96. The lowest BCUT2D eigenvalue weighted by Crippen LogP contribution is -2.29. The van der Waals surface area contributed by atoms with E-state index in [4.69, 9.17) is 5.11 Å². The van der Waals surface area contributed by atoms with E-state index in [-0.39, 0.29) is 12.5 Å². The van der Waals surface area contributed by atoms with Crippen LogP contribution in [-0.4, -0.2) is 50.6 Å². The van der Waals surface area contributed by atoms with Crippen LogP contribution in [0.25, 0.3) is 16.9 Å². The summed E-state index contributed by atoms with van der Waals surface area (Å²) in [4.78, 5) is 22.2. The number of pyridine rings is 1. The minimum atomic E-state index is -0.163. The van der Waals surface area contributed by atoms with Crippen LogP contribution in [0.2, 0.25) is 0 Å². The molecule has 0 aliphatic heterocycles. The molecular weight excluding hydrogens is 280 g/mol. The zero-order valence-corrected chi connectivity index (χ0v) is 12.2. The van der Waals surface area contributed by atoms with Gasteiger partial charge in [0, 0.05) is 19.8 Å². The van der Waals surface area contributed by atoms with Gasteiger partial charge in [0.1, 0.15) is 12.1 Å². The van der Waals surface area contributed by atoms with Crippen LogP contribution in [0.5, 0.6) is 0 Å². The van der Waals surface area contributed by atoms with Crippen molar-refractivity contribution in [2.24, 2.45) is 0 Å². The van der Waals surface area contributed by atoms with Crippen LogP contribution in [-0.2, 0) is 0 Å². The van der Waals surface area contributed by atoms with Crippen molar-refractivity contribution in [3.05, 3.63) is 54.5 Å². The second kappa shape index (κ2) is 5.95. The summed E-state index contributed by atoms with van der Waals surface area (Å²) in [7, 11) is 1.65. The van der Waals surface area contributed by atoms with Crippen LogP contribution in [0.4, 0.5) is 0 Å². The van der Waals surface area contributed by atoms with E-state index >= 15 is 0 Å². The minimum Gasteiger partial charge on any atom is -0.395 e. The lowest BCUT2D eigenvalue weighted by Gasteiger charge is -2.15. The molecular formula is C16H16N4O2. The fraction of sp³-hybridized carbons (Fsp3) is 0.188. The Balaban J connectivity index is 1.90. The van der Waals surface area contributed by atoms with Gasteiger partial charge in [-0.2, -0.15) is 0 Å². The lowest BCUT2D eigenvalue weighted by molar-refractivity contribution is 0.0766. The van der Waals surface area contributed by atoms with Gasteiger partial charge in [-0.3, -0.25) is 9.36 Å². The summed E-state index contributed by atoms with van der Waals surface area (Å²) in [5, 5.41) is 8.88. The molecule has 0 unspecified atom stereocenters. The molecule has 0 saturated heterocycles. The van der Waals surface area contributed by atoms with Gasteiger partial charge in [-0.15, -0.1) is 0 Å². The highest BCUT2D eigenvalue weighted by atomic mass is 16.3. The third kappa shape index (κ3) is 2.56. The molecule has 0 saturated carbocycles. The van der Waals surface area contributed by atoms with Crippen molar-refractivity contribution >= 4 is 16.9 Å². The average molecular weight is 296 g/mol. The normalized spacial score (nSPS) is 10.8. The summed E-state index contributed by atoms with van der Waals surface area (Å²) >= 11 is 0. The van der Waals surface area contributed by atoms with Crippen LogP contribution in [0.3, 0.4) is 0 Å². The number of amides is 1. The van der Waals surface area contributed by atoms with Gasteiger partial charge in [0.15, 0.2) is 0 Å². The minimum absolute atomic E-state index is 0.0607. The highest BCUT2D eigenvalue weighted by Gasteiger charge is 2.12. The Bertz CT molecular complexity index is 795. The molecule has 0 bridgehead atoms. The molecule has 2 aromatic heterocycles. The molecule has 22 heavy (non-hydrogen) atoms. The van der Waals surface area contributed by atoms with Gasteiger partial charge >= 0.3 is 0 Å². The molecule has 0 aliphatic rings. The van der Waals surface area contributed by atoms with E-state index in [1.165, 1.54) is 4.90 Å². The first-order valence-electron chi connectivity index (χ1n) is 6.95. The third-order valence-corrected chi connectivity index (χ3v) is 3.48. The van der Waals surface area contributed by atoms with E-state index in [2.05, 4.69) is 9.97 Å².